The van der Waals surface area contributed by atoms with Crippen molar-refractivity contribution in [2.75, 3.05) is 20.3 Å². The van der Waals surface area contributed by atoms with Crippen molar-refractivity contribution in [1.82, 2.24) is 0 Å². The number of benzene rings is 1. The van der Waals surface area contributed by atoms with Gasteiger partial charge in [0.15, 0.2) is 8.32 Å². The summed E-state index contributed by atoms with van der Waals surface area (Å²) < 4.78 is 17.1. The number of methoxy groups -OCH3 is 1. The van der Waals surface area contributed by atoms with Crippen LogP contribution in [0.1, 0.15) is 39.2 Å². The van der Waals surface area contributed by atoms with E-state index in [9.17, 15) is 5.11 Å². The van der Waals surface area contributed by atoms with Crippen LogP contribution in [0.15, 0.2) is 24.3 Å². The maximum atomic E-state index is 9.50. The van der Waals surface area contributed by atoms with Gasteiger partial charge in [0.05, 0.1) is 26.4 Å². The second-order valence-electron chi connectivity index (χ2n) is 7.71. The quantitative estimate of drug-likeness (QED) is 0.500. The molecular weight excluding hydrogens is 320 g/mol. The van der Waals surface area contributed by atoms with Crippen LogP contribution in [0.4, 0.5) is 0 Å². The van der Waals surface area contributed by atoms with Crippen molar-refractivity contribution in [1.29, 1.82) is 0 Å². The van der Waals surface area contributed by atoms with Gasteiger partial charge in [-0.15, -0.1) is 0 Å². The minimum absolute atomic E-state index is 0.0379. The molecule has 0 saturated heterocycles. The lowest BCUT2D eigenvalue weighted by Crippen LogP contribution is -2.41. The molecule has 0 aromatic heterocycles. The van der Waals surface area contributed by atoms with Gasteiger partial charge in [0.2, 0.25) is 0 Å². The Labute approximate surface area is 148 Å². The molecule has 0 radical (unpaired) electrons. The highest BCUT2D eigenvalue weighted by Gasteiger charge is 2.36. The molecular formula is C19H34O4Si. The van der Waals surface area contributed by atoms with Gasteiger partial charge >= 0.3 is 0 Å². The summed E-state index contributed by atoms with van der Waals surface area (Å²) in [5, 5.41) is 9.73. The second kappa shape index (κ2) is 9.56. The van der Waals surface area contributed by atoms with Gasteiger partial charge in [-0.1, -0.05) is 32.9 Å². The third-order valence-corrected chi connectivity index (χ3v) is 9.33. The number of rotatable bonds is 10. The lowest BCUT2D eigenvalue weighted by Gasteiger charge is -2.36. The lowest BCUT2D eigenvalue weighted by molar-refractivity contribution is -0.00505. The van der Waals surface area contributed by atoms with Crippen molar-refractivity contribution in [2.45, 2.75) is 64.5 Å². The summed E-state index contributed by atoms with van der Waals surface area (Å²) in [7, 11) is -0.0305. The first-order valence-electron chi connectivity index (χ1n) is 8.69. The molecule has 1 rings (SSSR count). The Kier molecular flexibility index (Phi) is 8.43. The fourth-order valence-electron chi connectivity index (χ4n) is 2.02. The summed E-state index contributed by atoms with van der Waals surface area (Å²) in [5.41, 5.74) is 1.08. The van der Waals surface area contributed by atoms with Gasteiger partial charge in [0, 0.05) is 6.61 Å². The third kappa shape index (κ3) is 6.93. The first kappa shape index (κ1) is 21.2. The molecule has 1 unspecified atom stereocenters. The molecule has 0 saturated carbocycles. The summed E-state index contributed by atoms with van der Waals surface area (Å²) in [6.07, 6.45) is 1.57. The predicted octanol–water partition coefficient (Wildman–Crippen LogP) is 4.37. The average Bonchev–Trinajstić information content (AvgIpc) is 2.53. The Bertz CT molecular complexity index is 465. The van der Waals surface area contributed by atoms with Gasteiger partial charge in [-0.3, -0.25) is 0 Å². The first-order chi connectivity index (χ1) is 11.2. The molecule has 0 aliphatic carbocycles. The Balaban J connectivity index is 2.32. The van der Waals surface area contributed by atoms with Crippen LogP contribution < -0.4 is 4.74 Å². The van der Waals surface area contributed by atoms with Gasteiger partial charge < -0.3 is 19.0 Å². The Hall–Kier alpha value is -0.883. The highest BCUT2D eigenvalue weighted by Crippen LogP contribution is 2.36. The zero-order chi connectivity index (χ0) is 18.2. The van der Waals surface area contributed by atoms with E-state index in [0.29, 0.717) is 6.61 Å². The van der Waals surface area contributed by atoms with E-state index in [1.54, 1.807) is 7.11 Å². The first-order valence-corrected chi connectivity index (χ1v) is 11.6. The van der Waals surface area contributed by atoms with Crippen molar-refractivity contribution in [3.8, 4) is 5.75 Å². The number of aliphatic hydroxyl groups is 1. The van der Waals surface area contributed by atoms with Crippen molar-refractivity contribution >= 4 is 8.32 Å². The van der Waals surface area contributed by atoms with Gasteiger partial charge in [0.25, 0.3) is 0 Å². The molecule has 0 fully saturated rings. The topological polar surface area (TPSA) is 47.9 Å². The molecule has 24 heavy (non-hydrogen) atoms. The number of hydrogen-bond acceptors (Lipinski definition) is 4. The fraction of sp³-hybridized carbons (Fsp3) is 0.684. The zero-order valence-electron chi connectivity index (χ0n) is 16.1. The van der Waals surface area contributed by atoms with Crippen molar-refractivity contribution in [3.05, 3.63) is 29.8 Å². The molecule has 0 amide bonds. The lowest BCUT2D eigenvalue weighted by atomic mass is 10.2. The van der Waals surface area contributed by atoms with Crippen molar-refractivity contribution in [2.24, 2.45) is 0 Å². The molecule has 1 aromatic carbocycles. The van der Waals surface area contributed by atoms with Crippen LogP contribution in [0, 0.1) is 0 Å². The molecule has 1 atom stereocenters. The van der Waals surface area contributed by atoms with E-state index in [2.05, 4.69) is 33.9 Å². The Morgan fingerprint density at radius 3 is 2.25 bits per heavy atom. The average molecular weight is 355 g/mol. The van der Waals surface area contributed by atoms with Crippen LogP contribution in [0.5, 0.6) is 5.75 Å². The minimum Gasteiger partial charge on any atom is -0.497 e. The van der Waals surface area contributed by atoms with Gasteiger partial charge in [-0.25, -0.2) is 0 Å². The van der Waals surface area contributed by atoms with E-state index in [1.165, 1.54) is 0 Å². The summed E-state index contributed by atoms with van der Waals surface area (Å²) in [4.78, 5) is 0. The number of aliphatic hydroxyl groups excluding tert-OH is 1. The van der Waals surface area contributed by atoms with E-state index in [0.717, 1.165) is 30.8 Å². The normalized spacial score (nSPS) is 13.8. The standard InChI is InChI=1S/C19H34O4Si/c1-19(2,3)24(5,6)23-13-7-8-18(14-20)22-15-16-9-11-17(21-4)12-10-16/h9-12,18,20H,7-8,13-15H2,1-6H3. The molecule has 0 aliphatic heterocycles. The molecule has 4 nitrogen and oxygen atoms in total. The molecule has 138 valence electrons. The van der Waals surface area contributed by atoms with Crippen molar-refractivity contribution in [3.63, 3.8) is 0 Å². The highest BCUT2D eigenvalue weighted by atomic mass is 28.4. The fourth-order valence-corrected chi connectivity index (χ4v) is 3.11. The molecule has 5 heteroatoms. The van der Waals surface area contributed by atoms with E-state index in [4.69, 9.17) is 13.9 Å². The predicted molar refractivity (Wildman–Crippen MR) is 101 cm³/mol. The third-order valence-electron chi connectivity index (χ3n) is 4.79. The summed E-state index contributed by atoms with van der Waals surface area (Å²) in [5.74, 6) is 0.834. The van der Waals surface area contributed by atoms with Gasteiger partial charge in [-0.05, 0) is 48.7 Å². The van der Waals surface area contributed by atoms with Crippen LogP contribution in [0.2, 0.25) is 18.1 Å². The summed E-state index contributed by atoms with van der Waals surface area (Å²) >= 11 is 0. The van der Waals surface area contributed by atoms with Crippen LogP contribution in [0.25, 0.3) is 0 Å². The Morgan fingerprint density at radius 2 is 1.75 bits per heavy atom. The molecule has 0 bridgehead atoms. The molecule has 1 aromatic rings. The van der Waals surface area contributed by atoms with E-state index in [-0.39, 0.29) is 17.7 Å². The van der Waals surface area contributed by atoms with Crippen LogP contribution in [0.3, 0.4) is 0 Å². The van der Waals surface area contributed by atoms with Crippen molar-refractivity contribution < 1.29 is 19.0 Å². The van der Waals surface area contributed by atoms with Gasteiger partial charge in [0.1, 0.15) is 5.75 Å². The number of ether oxygens (including phenoxy) is 2. The molecule has 0 aliphatic rings. The molecule has 0 heterocycles. The van der Waals surface area contributed by atoms with Crippen LogP contribution in [-0.2, 0) is 15.8 Å². The van der Waals surface area contributed by atoms with E-state index in [1.807, 2.05) is 24.3 Å². The van der Waals surface area contributed by atoms with Gasteiger partial charge in [-0.2, -0.15) is 0 Å². The highest BCUT2D eigenvalue weighted by molar-refractivity contribution is 6.74. The van der Waals surface area contributed by atoms with Crippen LogP contribution in [-0.4, -0.2) is 39.9 Å². The SMILES string of the molecule is COc1ccc(COC(CO)CCCO[Si](C)(C)C(C)(C)C)cc1. The van der Waals surface area contributed by atoms with E-state index >= 15 is 0 Å². The largest absolute Gasteiger partial charge is 0.497 e. The summed E-state index contributed by atoms with van der Waals surface area (Å²) in [6.45, 7) is 12.5. The maximum Gasteiger partial charge on any atom is 0.191 e. The summed E-state index contributed by atoms with van der Waals surface area (Å²) in [6, 6.07) is 7.79. The second-order valence-corrected chi connectivity index (χ2v) is 12.5. The monoisotopic (exact) mass is 354 g/mol. The minimum atomic E-state index is -1.68. The maximum absolute atomic E-state index is 9.50. The van der Waals surface area contributed by atoms with Crippen LogP contribution >= 0.6 is 0 Å². The molecule has 0 spiro atoms. The number of hydrogen-bond donors (Lipinski definition) is 1. The molecule has 1 N–H and O–H groups in total. The zero-order valence-corrected chi connectivity index (χ0v) is 17.1. The van der Waals surface area contributed by atoms with E-state index < -0.39 is 8.32 Å². The smallest absolute Gasteiger partial charge is 0.191 e. The Morgan fingerprint density at radius 1 is 1.12 bits per heavy atom.